The highest BCUT2D eigenvalue weighted by atomic mass is 16.5. The summed E-state index contributed by atoms with van der Waals surface area (Å²) in [5.74, 6) is 0.668. The van der Waals surface area contributed by atoms with Gasteiger partial charge in [0, 0.05) is 44.5 Å². The first-order chi connectivity index (χ1) is 19.1. The molecule has 0 radical (unpaired) electrons. The van der Waals surface area contributed by atoms with Gasteiger partial charge in [-0.15, -0.1) is 0 Å². The van der Waals surface area contributed by atoms with Gasteiger partial charge in [-0.25, -0.2) is 9.97 Å². The molecular formula is C28H40N8O3. The number of H-pyrrole nitrogens is 1. The van der Waals surface area contributed by atoms with E-state index in [1.165, 1.54) is 17.6 Å². The predicted octanol–water partition coefficient (Wildman–Crippen LogP) is 3.07. The van der Waals surface area contributed by atoms with Gasteiger partial charge < -0.3 is 40.1 Å². The molecule has 1 aliphatic rings. The van der Waals surface area contributed by atoms with Crippen LogP contribution in [0.4, 0.5) is 17.2 Å². The van der Waals surface area contributed by atoms with E-state index in [9.17, 15) is 9.90 Å². The van der Waals surface area contributed by atoms with Crippen molar-refractivity contribution in [3.8, 4) is 5.88 Å². The predicted molar refractivity (Wildman–Crippen MR) is 156 cm³/mol. The van der Waals surface area contributed by atoms with Crippen molar-refractivity contribution in [2.45, 2.75) is 32.2 Å². The Morgan fingerprint density at radius 1 is 1.21 bits per heavy atom. The van der Waals surface area contributed by atoms with Crippen LogP contribution in [0.25, 0.3) is 11.0 Å². The molecule has 1 saturated heterocycles. The molecule has 39 heavy (non-hydrogen) atoms. The molecule has 0 saturated carbocycles. The number of rotatable bonds is 15. The number of hydrogen-bond acceptors (Lipinski definition) is 10. The third-order valence-corrected chi connectivity index (χ3v) is 6.81. The third-order valence-electron chi connectivity index (χ3n) is 6.81. The Morgan fingerprint density at radius 2 is 2.05 bits per heavy atom. The molecule has 0 unspecified atom stereocenters. The number of aromatic amines is 1. The third kappa shape index (κ3) is 7.75. The van der Waals surface area contributed by atoms with Gasteiger partial charge in [-0.05, 0) is 70.2 Å². The summed E-state index contributed by atoms with van der Waals surface area (Å²) in [5, 5.41) is 17.9. The molecule has 210 valence electrons. The van der Waals surface area contributed by atoms with Crippen molar-refractivity contribution in [1.29, 1.82) is 0 Å². The van der Waals surface area contributed by atoms with E-state index in [0.29, 0.717) is 42.0 Å². The lowest BCUT2D eigenvalue weighted by molar-refractivity contribution is -0.107. The Labute approximate surface area is 229 Å². The maximum Gasteiger partial charge on any atom is 0.199 e. The van der Waals surface area contributed by atoms with Crippen molar-refractivity contribution in [1.82, 2.24) is 25.2 Å². The SMILES string of the molecule is CNCCCNc1ncnc2[nH]c(O)c(C=Nc3ccc(N4CCOCC4)c(CN(C)CCCCC=O)c3)c12. The fourth-order valence-corrected chi connectivity index (χ4v) is 4.77. The van der Waals surface area contributed by atoms with E-state index in [-0.39, 0.29) is 5.88 Å². The summed E-state index contributed by atoms with van der Waals surface area (Å²) in [6.07, 6.45) is 7.56. The van der Waals surface area contributed by atoms with Crippen LogP contribution in [-0.4, -0.2) is 97.5 Å². The lowest BCUT2D eigenvalue weighted by Crippen LogP contribution is -2.37. The summed E-state index contributed by atoms with van der Waals surface area (Å²) in [6, 6.07) is 6.25. The number of carbonyl (C=O) groups is 1. The van der Waals surface area contributed by atoms with Gasteiger partial charge in [-0.2, -0.15) is 0 Å². The zero-order valence-electron chi connectivity index (χ0n) is 22.9. The molecule has 11 nitrogen and oxygen atoms in total. The molecule has 4 N–H and O–H groups in total. The van der Waals surface area contributed by atoms with Crippen molar-refractivity contribution in [3.05, 3.63) is 35.7 Å². The maximum atomic E-state index is 10.7. The number of carbonyl (C=O) groups excluding carboxylic acids is 1. The van der Waals surface area contributed by atoms with E-state index in [1.54, 1.807) is 6.21 Å². The number of aromatic hydroxyl groups is 1. The number of hydrogen-bond donors (Lipinski definition) is 4. The number of aliphatic imine (C=N–C) groups is 1. The largest absolute Gasteiger partial charge is 0.494 e. The number of unbranched alkanes of at least 4 members (excludes halogenated alkanes) is 2. The van der Waals surface area contributed by atoms with Crippen molar-refractivity contribution in [2.24, 2.45) is 4.99 Å². The number of morpholine rings is 1. The normalized spacial score (nSPS) is 14.1. The number of nitrogens with one attached hydrogen (secondary N) is 3. The van der Waals surface area contributed by atoms with E-state index in [1.807, 2.05) is 13.1 Å². The second-order valence-electron chi connectivity index (χ2n) is 9.79. The Bertz CT molecular complexity index is 1240. The Hall–Kier alpha value is -3.54. The molecule has 3 aromatic rings. The number of fused-ring (bicyclic) bond motifs is 1. The number of aromatic nitrogens is 3. The molecule has 3 heterocycles. The zero-order valence-corrected chi connectivity index (χ0v) is 22.9. The van der Waals surface area contributed by atoms with Crippen LogP contribution in [0.2, 0.25) is 0 Å². The average Bonchev–Trinajstić information content (AvgIpc) is 3.28. The van der Waals surface area contributed by atoms with Gasteiger partial charge in [-0.3, -0.25) is 4.99 Å². The van der Waals surface area contributed by atoms with Crippen molar-refractivity contribution >= 4 is 40.7 Å². The first kappa shape index (κ1) is 28.5. The van der Waals surface area contributed by atoms with Gasteiger partial charge in [0.25, 0.3) is 0 Å². The zero-order chi connectivity index (χ0) is 27.5. The van der Waals surface area contributed by atoms with Crippen LogP contribution in [0.15, 0.2) is 29.5 Å². The summed E-state index contributed by atoms with van der Waals surface area (Å²) < 4.78 is 5.57. The summed E-state index contributed by atoms with van der Waals surface area (Å²) >= 11 is 0. The molecule has 0 bridgehead atoms. The maximum absolute atomic E-state index is 10.7. The van der Waals surface area contributed by atoms with Gasteiger partial charge in [-0.1, -0.05) is 0 Å². The highest BCUT2D eigenvalue weighted by Gasteiger charge is 2.18. The highest BCUT2D eigenvalue weighted by molar-refractivity contribution is 6.06. The standard InChI is InChI=1S/C28H40N8O3/c1-29-9-6-10-30-26-25-23(28(38)34-27(25)33-20-32-26)18-31-22-7-8-24(36-12-15-39-16-13-36)21(17-22)19-35(2)11-4-3-5-14-37/h7-8,14,17-18,20,29,38H,3-6,9-13,15-16,19H2,1-2H3,(H2,30,32,33,34). The smallest absolute Gasteiger partial charge is 0.199 e. The van der Waals surface area contributed by atoms with Gasteiger partial charge in [0.1, 0.15) is 24.1 Å². The second-order valence-corrected chi connectivity index (χ2v) is 9.79. The van der Waals surface area contributed by atoms with Crippen LogP contribution in [0, 0.1) is 0 Å². The highest BCUT2D eigenvalue weighted by Crippen LogP contribution is 2.31. The summed E-state index contributed by atoms with van der Waals surface area (Å²) in [6.45, 7) is 6.45. The second kappa shape index (κ2) is 14.6. The first-order valence-corrected chi connectivity index (χ1v) is 13.7. The molecule has 4 rings (SSSR count). The van der Waals surface area contributed by atoms with Crippen molar-refractivity contribution < 1.29 is 14.6 Å². The monoisotopic (exact) mass is 536 g/mol. The minimum atomic E-state index is 0.00717. The Kier molecular flexibility index (Phi) is 10.6. The van der Waals surface area contributed by atoms with Gasteiger partial charge in [0.05, 0.1) is 29.9 Å². The number of aldehydes is 1. The Balaban J connectivity index is 1.58. The minimum absolute atomic E-state index is 0.00717. The fourth-order valence-electron chi connectivity index (χ4n) is 4.77. The molecule has 2 aromatic heterocycles. The number of benzene rings is 1. The molecule has 0 aliphatic carbocycles. The van der Waals surface area contributed by atoms with Gasteiger partial charge in [0.15, 0.2) is 5.88 Å². The van der Waals surface area contributed by atoms with Crippen LogP contribution >= 0.6 is 0 Å². The van der Waals surface area contributed by atoms with E-state index < -0.39 is 0 Å². The van der Waals surface area contributed by atoms with Gasteiger partial charge >= 0.3 is 0 Å². The summed E-state index contributed by atoms with van der Waals surface area (Å²) in [4.78, 5) is 31.7. The van der Waals surface area contributed by atoms with Crippen LogP contribution in [-0.2, 0) is 16.1 Å². The number of anilines is 2. The minimum Gasteiger partial charge on any atom is -0.494 e. The van der Waals surface area contributed by atoms with Gasteiger partial charge in [0.2, 0.25) is 0 Å². The lowest BCUT2D eigenvalue weighted by Gasteiger charge is -2.31. The average molecular weight is 537 g/mol. The van der Waals surface area contributed by atoms with Crippen molar-refractivity contribution in [3.63, 3.8) is 0 Å². The Morgan fingerprint density at radius 3 is 2.85 bits per heavy atom. The molecule has 1 fully saturated rings. The van der Waals surface area contributed by atoms with E-state index in [2.05, 4.69) is 54.6 Å². The van der Waals surface area contributed by atoms with Crippen LogP contribution in [0.3, 0.4) is 0 Å². The number of ether oxygens (including phenoxy) is 1. The van der Waals surface area contributed by atoms with E-state index >= 15 is 0 Å². The van der Waals surface area contributed by atoms with E-state index in [0.717, 1.165) is 70.5 Å². The first-order valence-electron chi connectivity index (χ1n) is 13.7. The van der Waals surface area contributed by atoms with Crippen LogP contribution in [0.5, 0.6) is 5.88 Å². The van der Waals surface area contributed by atoms with E-state index in [4.69, 9.17) is 9.73 Å². The molecule has 1 aliphatic heterocycles. The van der Waals surface area contributed by atoms with Crippen LogP contribution in [0.1, 0.15) is 36.8 Å². The molecule has 11 heteroatoms. The topological polar surface area (TPSA) is 131 Å². The fraction of sp³-hybridized carbons (Fsp3) is 0.500. The summed E-state index contributed by atoms with van der Waals surface area (Å²) in [7, 11) is 4.03. The van der Waals surface area contributed by atoms with Crippen LogP contribution < -0.4 is 15.5 Å². The quantitative estimate of drug-likeness (QED) is 0.131. The lowest BCUT2D eigenvalue weighted by atomic mass is 10.1. The molecule has 0 amide bonds. The number of nitrogens with zero attached hydrogens (tertiary/aromatic N) is 5. The van der Waals surface area contributed by atoms with Crippen molar-refractivity contribution in [2.75, 3.05) is 70.2 Å². The summed E-state index contributed by atoms with van der Waals surface area (Å²) in [5.41, 5.74) is 4.27. The molecular weight excluding hydrogens is 496 g/mol. The molecule has 1 aromatic carbocycles. The molecule has 0 spiro atoms. The molecule has 0 atom stereocenters.